The van der Waals surface area contributed by atoms with E-state index in [0.717, 1.165) is 21.7 Å². The molecule has 1 aliphatic heterocycles. The number of rotatable bonds is 3. The highest BCUT2D eigenvalue weighted by atomic mass is 32.2. The Morgan fingerprint density at radius 2 is 1.97 bits per heavy atom. The minimum atomic E-state index is 0.156. The van der Waals surface area contributed by atoms with Crippen molar-refractivity contribution in [3.8, 4) is 17.4 Å². The summed E-state index contributed by atoms with van der Waals surface area (Å²) in [6.45, 7) is 4.73. The lowest BCUT2D eigenvalue weighted by atomic mass is 9.75. The van der Waals surface area contributed by atoms with Gasteiger partial charge in [0.15, 0.2) is 0 Å². The number of fused-ring (bicyclic) bond motifs is 2. The Labute approximate surface area is 175 Å². The fourth-order valence-electron chi connectivity index (χ4n) is 4.23. The second-order valence-electron chi connectivity index (χ2n) is 8.69. The van der Waals surface area contributed by atoms with E-state index in [2.05, 4.69) is 24.9 Å². The zero-order valence-electron chi connectivity index (χ0n) is 16.6. The Balaban J connectivity index is 1.38. The SMILES string of the molecule is CC1(C)CC[C@@H]2N=C(c3cccc(Oc4ccc5cccc(O)c5n4)c3)S[C@H]2C1. The molecule has 0 spiro atoms. The predicted molar refractivity (Wildman–Crippen MR) is 119 cm³/mol. The van der Waals surface area contributed by atoms with Gasteiger partial charge in [0.1, 0.15) is 17.0 Å². The Morgan fingerprint density at radius 3 is 2.86 bits per heavy atom. The fraction of sp³-hybridized carbons (Fsp3) is 0.333. The summed E-state index contributed by atoms with van der Waals surface area (Å²) >= 11 is 1.91. The molecule has 1 N–H and O–H groups in total. The molecule has 4 nitrogen and oxygen atoms in total. The Hall–Kier alpha value is -2.53. The number of aromatic hydroxyl groups is 1. The normalized spacial score (nSPS) is 22.9. The Kier molecular flexibility index (Phi) is 4.50. The van der Waals surface area contributed by atoms with Crippen LogP contribution in [0.2, 0.25) is 0 Å². The average Bonchev–Trinajstić information content (AvgIpc) is 3.11. The predicted octanol–water partition coefficient (Wildman–Crippen LogP) is 6.17. The van der Waals surface area contributed by atoms with Gasteiger partial charge in [-0.1, -0.05) is 38.1 Å². The molecular weight excluding hydrogens is 380 g/mol. The van der Waals surface area contributed by atoms with Gasteiger partial charge < -0.3 is 9.84 Å². The monoisotopic (exact) mass is 404 g/mol. The number of nitrogens with zero attached hydrogens (tertiary/aromatic N) is 2. The van der Waals surface area contributed by atoms with E-state index in [1.54, 1.807) is 6.07 Å². The number of benzene rings is 2. The van der Waals surface area contributed by atoms with E-state index in [1.165, 1.54) is 19.3 Å². The molecule has 2 aliphatic rings. The van der Waals surface area contributed by atoms with Crippen LogP contribution in [0.3, 0.4) is 0 Å². The van der Waals surface area contributed by atoms with Crippen LogP contribution in [0.1, 0.15) is 38.7 Å². The molecule has 29 heavy (non-hydrogen) atoms. The number of aromatic nitrogens is 1. The summed E-state index contributed by atoms with van der Waals surface area (Å²) in [7, 11) is 0. The van der Waals surface area contributed by atoms with E-state index in [0.29, 0.717) is 28.1 Å². The lowest BCUT2D eigenvalue weighted by Gasteiger charge is -2.35. The van der Waals surface area contributed by atoms with Gasteiger partial charge in [0.2, 0.25) is 5.88 Å². The molecule has 3 aromatic rings. The van der Waals surface area contributed by atoms with Gasteiger partial charge in [-0.15, -0.1) is 11.8 Å². The third-order valence-corrected chi connectivity index (χ3v) is 7.17. The van der Waals surface area contributed by atoms with E-state index in [4.69, 9.17) is 9.73 Å². The first-order chi connectivity index (χ1) is 14.0. The number of aliphatic imine (C=N–C) groups is 1. The maximum Gasteiger partial charge on any atom is 0.219 e. The minimum Gasteiger partial charge on any atom is -0.506 e. The van der Waals surface area contributed by atoms with E-state index >= 15 is 0 Å². The highest BCUT2D eigenvalue weighted by Gasteiger charge is 2.39. The molecular formula is C24H24N2O2S. The molecule has 0 saturated heterocycles. The zero-order valence-corrected chi connectivity index (χ0v) is 17.4. The standard InChI is InChI=1S/C24H24N2O2S/c1-24(2)12-11-18-20(14-24)29-23(25-18)16-6-3-7-17(13-16)28-21-10-9-15-5-4-8-19(27)22(15)26-21/h3-10,13,18,20,27H,11-12,14H2,1-2H3/t18-,20-/m0/s1. The second kappa shape index (κ2) is 7.06. The Morgan fingerprint density at radius 1 is 1.10 bits per heavy atom. The topological polar surface area (TPSA) is 54.7 Å². The summed E-state index contributed by atoms with van der Waals surface area (Å²) in [5.41, 5.74) is 2.06. The molecule has 148 valence electrons. The number of hydrogen-bond acceptors (Lipinski definition) is 5. The summed E-state index contributed by atoms with van der Waals surface area (Å²) in [5.74, 6) is 1.35. The van der Waals surface area contributed by atoms with E-state index < -0.39 is 0 Å². The fourth-order valence-corrected chi connectivity index (χ4v) is 5.86. The smallest absolute Gasteiger partial charge is 0.219 e. The largest absolute Gasteiger partial charge is 0.506 e. The van der Waals surface area contributed by atoms with Crippen molar-refractivity contribution in [3.63, 3.8) is 0 Å². The number of ether oxygens (including phenoxy) is 1. The molecule has 0 amide bonds. The lowest BCUT2D eigenvalue weighted by Crippen LogP contribution is -2.32. The van der Waals surface area contributed by atoms with Gasteiger partial charge in [0.25, 0.3) is 0 Å². The van der Waals surface area contributed by atoms with Gasteiger partial charge in [0, 0.05) is 22.3 Å². The van der Waals surface area contributed by atoms with Gasteiger partial charge >= 0.3 is 0 Å². The molecule has 1 aromatic heterocycles. The van der Waals surface area contributed by atoms with Crippen molar-refractivity contribution >= 4 is 27.7 Å². The number of para-hydroxylation sites is 1. The average molecular weight is 405 g/mol. The molecule has 0 unspecified atom stereocenters. The van der Waals surface area contributed by atoms with Crippen LogP contribution >= 0.6 is 11.8 Å². The van der Waals surface area contributed by atoms with Gasteiger partial charge in [-0.3, -0.25) is 4.99 Å². The van der Waals surface area contributed by atoms with Gasteiger partial charge in [-0.2, -0.15) is 0 Å². The second-order valence-corrected chi connectivity index (χ2v) is 9.92. The highest BCUT2D eigenvalue weighted by molar-refractivity contribution is 8.15. The Bertz CT molecular complexity index is 1110. The molecule has 2 aromatic carbocycles. The summed E-state index contributed by atoms with van der Waals surface area (Å²) in [4.78, 5) is 9.49. The van der Waals surface area contributed by atoms with E-state index in [-0.39, 0.29) is 5.75 Å². The number of pyridine rings is 1. The van der Waals surface area contributed by atoms with Gasteiger partial charge in [-0.25, -0.2) is 4.98 Å². The molecule has 5 heteroatoms. The van der Waals surface area contributed by atoms with Crippen LogP contribution in [0.25, 0.3) is 10.9 Å². The van der Waals surface area contributed by atoms with Crippen LogP contribution in [0.15, 0.2) is 59.6 Å². The van der Waals surface area contributed by atoms with Gasteiger partial charge in [-0.05, 0) is 48.9 Å². The van der Waals surface area contributed by atoms with Crippen molar-refractivity contribution < 1.29 is 9.84 Å². The molecule has 1 aliphatic carbocycles. The lowest BCUT2D eigenvalue weighted by molar-refractivity contribution is 0.235. The molecule has 1 fully saturated rings. The number of phenolic OH excluding ortho intramolecular Hbond substituents is 1. The summed E-state index contributed by atoms with van der Waals surface area (Å²) in [6, 6.07) is 17.6. The molecule has 0 radical (unpaired) electrons. The van der Waals surface area contributed by atoms with Crippen molar-refractivity contribution in [2.75, 3.05) is 0 Å². The molecule has 2 atom stereocenters. The third kappa shape index (κ3) is 3.71. The maximum atomic E-state index is 10.1. The minimum absolute atomic E-state index is 0.156. The number of hydrogen-bond donors (Lipinski definition) is 1. The summed E-state index contributed by atoms with van der Waals surface area (Å²) in [6.07, 6.45) is 3.64. The summed E-state index contributed by atoms with van der Waals surface area (Å²) in [5, 5.41) is 12.6. The third-order valence-electron chi connectivity index (χ3n) is 5.82. The van der Waals surface area contributed by atoms with Crippen LogP contribution in [0.5, 0.6) is 17.4 Å². The van der Waals surface area contributed by atoms with E-state index in [9.17, 15) is 5.11 Å². The highest BCUT2D eigenvalue weighted by Crippen LogP contribution is 2.46. The molecule has 5 rings (SSSR count). The molecule has 2 heterocycles. The summed E-state index contributed by atoms with van der Waals surface area (Å²) < 4.78 is 6.01. The first kappa shape index (κ1) is 18.5. The van der Waals surface area contributed by atoms with Crippen LogP contribution in [-0.2, 0) is 0 Å². The van der Waals surface area contributed by atoms with Crippen LogP contribution < -0.4 is 4.74 Å². The van der Waals surface area contributed by atoms with Crippen LogP contribution in [-0.4, -0.2) is 26.4 Å². The van der Waals surface area contributed by atoms with Gasteiger partial charge in [0.05, 0.1) is 11.1 Å². The van der Waals surface area contributed by atoms with Crippen molar-refractivity contribution in [2.45, 2.75) is 44.4 Å². The van der Waals surface area contributed by atoms with E-state index in [1.807, 2.05) is 54.2 Å². The van der Waals surface area contributed by atoms with Crippen molar-refractivity contribution in [1.82, 2.24) is 4.98 Å². The quantitative estimate of drug-likeness (QED) is 0.567. The first-order valence-corrected chi connectivity index (χ1v) is 11.0. The van der Waals surface area contributed by atoms with Crippen molar-refractivity contribution in [3.05, 3.63) is 60.2 Å². The van der Waals surface area contributed by atoms with Crippen molar-refractivity contribution in [1.29, 1.82) is 0 Å². The first-order valence-electron chi connectivity index (χ1n) is 10.1. The maximum absolute atomic E-state index is 10.1. The molecule has 0 bridgehead atoms. The molecule has 1 saturated carbocycles. The number of phenols is 1. The number of thioether (sulfide) groups is 1. The zero-order chi connectivity index (χ0) is 20.0. The van der Waals surface area contributed by atoms with Crippen molar-refractivity contribution in [2.24, 2.45) is 10.4 Å². The van der Waals surface area contributed by atoms with Crippen LogP contribution in [0.4, 0.5) is 0 Å². The van der Waals surface area contributed by atoms with Crippen LogP contribution in [0, 0.1) is 5.41 Å².